The summed E-state index contributed by atoms with van der Waals surface area (Å²) < 4.78 is 32.8. The molecule has 0 aliphatic carbocycles. The van der Waals surface area contributed by atoms with Gasteiger partial charge in [-0.1, -0.05) is 6.07 Å². The van der Waals surface area contributed by atoms with Gasteiger partial charge >= 0.3 is 0 Å². The molecule has 0 aliphatic rings. The van der Waals surface area contributed by atoms with E-state index in [2.05, 4.69) is 14.7 Å². The standard InChI is InChI=1S/C17H12N4O3S/c18-11-13-4-6-16(7-5-13)25(22,23)21-14-2-1-3-15(10-14)24-17-12-19-8-9-20-17/h1-10,12,21H. The van der Waals surface area contributed by atoms with Gasteiger partial charge in [-0.3, -0.25) is 9.71 Å². The van der Waals surface area contributed by atoms with Crippen LogP contribution in [0.5, 0.6) is 11.6 Å². The van der Waals surface area contributed by atoms with Crippen LogP contribution in [-0.4, -0.2) is 18.4 Å². The Hall–Kier alpha value is -3.44. The van der Waals surface area contributed by atoms with Crippen LogP contribution in [0.3, 0.4) is 0 Å². The van der Waals surface area contributed by atoms with Crippen LogP contribution in [0, 0.1) is 11.3 Å². The van der Waals surface area contributed by atoms with E-state index in [0.29, 0.717) is 22.9 Å². The number of rotatable bonds is 5. The van der Waals surface area contributed by atoms with Crippen molar-refractivity contribution in [2.24, 2.45) is 0 Å². The molecule has 0 atom stereocenters. The van der Waals surface area contributed by atoms with Crippen molar-refractivity contribution in [3.8, 4) is 17.7 Å². The molecule has 8 heteroatoms. The van der Waals surface area contributed by atoms with Crippen LogP contribution >= 0.6 is 0 Å². The molecule has 0 amide bonds. The van der Waals surface area contributed by atoms with Crippen LogP contribution in [0.25, 0.3) is 0 Å². The first-order valence-corrected chi connectivity index (χ1v) is 8.62. The van der Waals surface area contributed by atoms with Gasteiger partial charge in [0.2, 0.25) is 5.88 Å². The topological polar surface area (TPSA) is 105 Å². The number of anilines is 1. The molecule has 0 bridgehead atoms. The molecule has 1 heterocycles. The second-order valence-corrected chi connectivity index (χ2v) is 6.60. The number of benzene rings is 2. The van der Waals surface area contributed by atoms with E-state index in [9.17, 15) is 8.42 Å². The minimum absolute atomic E-state index is 0.0618. The van der Waals surface area contributed by atoms with E-state index < -0.39 is 10.0 Å². The predicted molar refractivity (Wildman–Crippen MR) is 90.5 cm³/mol. The van der Waals surface area contributed by atoms with Crippen molar-refractivity contribution in [1.29, 1.82) is 5.26 Å². The van der Waals surface area contributed by atoms with Crippen LogP contribution < -0.4 is 9.46 Å². The molecule has 0 saturated carbocycles. The number of nitriles is 1. The maximum atomic E-state index is 12.4. The first-order valence-electron chi connectivity index (χ1n) is 7.14. The molecule has 25 heavy (non-hydrogen) atoms. The smallest absolute Gasteiger partial charge is 0.261 e. The first-order chi connectivity index (χ1) is 12.1. The van der Waals surface area contributed by atoms with Gasteiger partial charge in [-0.15, -0.1) is 0 Å². The summed E-state index contributed by atoms with van der Waals surface area (Å²) in [6.07, 6.45) is 4.47. The van der Waals surface area contributed by atoms with Crippen molar-refractivity contribution < 1.29 is 13.2 Å². The predicted octanol–water partition coefficient (Wildman–Crippen LogP) is 2.94. The summed E-state index contributed by atoms with van der Waals surface area (Å²) in [4.78, 5) is 7.95. The zero-order valence-electron chi connectivity index (χ0n) is 12.8. The Balaban J connectivity index is 1.80. The lowest BCUT2D eigenvalue weighted by Gasteiger charge is -2.10. The van der Waals surface area contributed by atoms with Gasteiger partial charge in [0.15, 0.2) is 0 Å². The van der Waals surface area contributed by atoms with Crippen LogP contribution in [0.4, 0.5) is 5.69 Å². The molecule has 3 aromatic rings. The largest absolute Gasteiger partial charge is 0.437 e. The van der Waals surface area contributed by atoms with Crippen molar-refractivity contribution in [2.45, 2.75) is 4.90 Å². The highest BCUT2D eigenvalue weighted by Crippen LogP contribution is 2.24. The molecule has 0 unspecified atom stereocenters. The average Bonchev–Trinajstić information content (AvgIpc) is 2.62. The van der Waals surface area contributed by atoms with Gasteiger partial charge in [0.25, 0.3) is 10.0 Å². The van der Waals surface area contributed by atoms with Crippen molar-refractivity contribution in [3.63, 3.8) is 0 Å². The van der Waals surface area contributed by atoms with Gasteiger partial charge in [-0.25, -0.2) is 13.4 Å². The fourth-order valence-corrected chi connectivity index (χ4v) is 3.05. The summed E-state index contributed by atoms with van der Waals surface area (Å²) in [5.41, 5.74) is 0.726. The number of sulfonamides is 1. The maximum absolute atomic E-state index is 12.4. The quantitative estimate of drug-likeness (QED) is 0.757. The van der Waals surface area contributed by atoms with Crippen molar-refractivity contribution in [2.75, 3.05) is 4.72 Å². The Morgan fingerprint density at radius 1 is 1.08 bits per heavy atom. The Bertz CT molecular complexity index is 1010. The molecule has 1 N–H and O–H groups in total. The summed E-state index contributed by atoms with van der Waals surface area (Å²) in [6.45, 7) is 0. The maximum Gasteiger partial charge on any atom is 0.261 e. The molecule has 3 rings (SSSR count). The lowest BCUT2D eigenvalue weighted by Crippen LogP contribution is -2.12. The van der Waals surface area contributed by atoms with E-state index in [1.54, 1.807) is 18.2 Å². The van der Waals surface area contributed by atoms with Gasteiger partial charge in [-0.2, -0.15) is 5.26 Å². The van der Waals surface area contributed by atoms with Crippen LogP contribution in [0.15, 0.2) is 72.0 Å². The van der Waals surface area contributed by atoms with Crippen molar-refractivity contribution in [3.05, 3.63) is 72.7 Å². The van der Waals surface area contributed by atoms with Crippen LogP contribution in [0.2, 0.25) is 0 Å². The van der Waals surface area contributed by atoms with E-state index in [0.717, 1.165) is 0 Å². The fraction of sp³-hybridized carbons (Fsp3) is 0. The monoisotopic (exact) mass is 352 g/mol. The molecule has 0 spiro atoms. The van der Waals surface area contributed by atoms with E-state index in [4.69, 9.17) is 10.00 Å². The molecule has 7 nitrogen and oxygen atoms in total. The summed E-state index contributed by atoms with van der Waals surface area (Å²) in [5.74, 6) is 0.718. The van der Waals surface area contributed by atoms with E-state index >= 15 is 0 Å². The molecule has 124 valence electrons. The molecule has 0 saturated heterocycles. The van der Waals surface area contributed by atoms with Crippen molar-refractivity contribution in [1.82, 2.24) is 9.97 Å². The minimum atomic E-state index is -3.77. The summed E-state index contributed by atoms with van der Waals surface area (Å²) in [6, 6.07) is 14.1. The van der Waals surface area contributed by atoms with Crippen molar-refractivity contribution >= 4 is 15.7 Å². The molecular formula is C17H12N4O3S. The summed E-state index contributed by atoms with van der Waals surface area (Å²) in [7, 11) is -3.77. The number of hydrogen-bond acceptors (Lipinski definition) is 6. The van der Waals surface area contributed by atoms with Gasteiger partial charge in [-0.05, 0) is 36.4 Å². The molecule has 0 radical (unpaired) electrons. The van der Waals surface area contributed by atoms with Gasteiger partial charge in [0, 0.05) is 18.5 Å². The van der Waals surface area contributed by atoms with Gasteiger partial charge < -0.3 is 4.74 Å². The van der Waals surface area contributed by atoms with E-state index in [1.165, 1.54) is 48.9 Å². The zero-order valence-corrected chi connectivity index (χ0v) is 13.6. The highest BCUT2D eigenvalue weighted by Gasteiger charge is 2.14. The number of ether oxygens (including phenoxy) is 1. The summed E-state index contributed by atoms with van der Waals surface area (Å²) >= 11 is 0. The average molecular weight is 352 g/mol. The highest BCUT2D eigenvalue weighted by atomic mass is 32.2. The number of hydrogen-bond donors (Lipinski definition) is 1. The Morgan fingerprint density at radius 3 is 2.56 bits per heavy atom. The second kappa shape index (κ2) is 6.98. The minimum Gasteiger partial charge on any atom is -0.437 e. The van der Waals surface area contributed by atoms with Crippen LogP contribution in [-0.2, 0) is 10.0 Å². The lowest BCUT2D eigenvalue weighted by atomic mass is 10.2. The lowest BCUT2D eigenvalue weighted by molar-refractivity contribution is 0.460. The Labute approximate surface area is 144 Å². The number of aromatic nitrogens is 2. The second-order valence-electron chi connectivity index (χ2n) is 4.92. The third-order valence-corrected chi connectivity index (χ3v) is 4.54. The van der Waals surface area contributed by atoms with Gasteiger partial charge in [0.1, 0.15) is 5.75 Å². The van der Waals surface area contributed by atoms with E-state index in [-0.39, 0.29) is 4.90 Å². The number of nitrogens with zero attached hydrogens (tertiary/aromatic N) is 3. The SMILES string of the molecule is N#Cc1ccc(S(=O)(=O)Nc2cccc(Oc3cnccn3)c2)cc1. The molecule has 1 aromatic heterocycles. The molecule has 0 fully saturated rings. The summed E-state index contributed by atoms with van der Waals surface area (Å²) in [5, 5.41) is 8.78. The zero-order chi connectivity index (χ0) is 17.7. The number of nitrogens with one attached hydrogen (secondary N) is 1. The third-order valence-electron chi connectivity index (χ3n) is 3.14. The normalized spacial score (nSPS) is 10.7. The highest BCUT2D eigenvalue weighted by molar-refractivity contribution is 7.92. The molecule has 2 aromatic carbocycles. The first kappa shape index (κ1) is 16.4. The Kier molecular flexibility index (Phi) is 4.59. The molecule has 0 aliphatic heterocycles. The third kappa shape index (κ3) is 4.10. The molecular weight excluding hydrogens is 340 g/mol. The van der Waals surface area contributed by atoms with Crippen LogP contribution in [0.1, 0.15) is 5.56 Å². The van der Waals surface area contributed by atoms with E-state index in [1.807, 2.05) is 6.07 Å². The fourth-order valence-electron chi connectivity index (χ4n) is 2.00. The van der Waals surface area contributed by atoms with Gasteiger partial charge in [0.05, 0.1) is 28.4 Å². The Morgan fingerprint density at radius 2 is 1.88 bits per heavy atom.